The molecule has 0 atom stereocenters. The first-order valence-corrected chi connectivity index (χ1v) is 9.81. The lowest BCUT2D eigenvalue weighted by Crippen LogP contribution is -2.31. The molecule has 1 amide bonds. The lowest BCUT2D eigenvalue weighted by Gasteiger charge is -2.23. The van der Waals surface area contributed by atoms with E-state index in [0.29, 0.717) is 18.7 Å². The molecule has 0 radical (unpaired) electrons. The average molecular weight is 369 g/mol. The third-order valence-corrected chi connectivity index (χ3v) is 4.44. The summed E-state index contributed by atoms with van der Waals surface area (Å²) in [6.07, 6.45) is 3.31. The number of nitrogens with zero attached hydrogens (tertiary/aromatic N) is 2. The van der Waals surface area contributed by atoms with Gasteiger partial charge in [0.2, 0.25) is 0 Å². The van der Waals surface area contributed by atoms with Gasteiger partial charge in [0.25, 0.3) is 5.91 Å². The molecular formula is C23H32N2O2. The Labute approximate surface area is 163 Å². The molecule has 0 aliphatic rings. The predicted molar refractivity (Wildman–Crippen MR) is 111 cm³/mol. The number of carbonyl (C=O) groups is 1. The van der Waals surface area contributed by atoms with Crippen LogP contribution in [0.1, 0.15) is 42.1 Å². The van der Waals surface area contributed by atoms with Crippen LogP contribution < -0.4 is 4.74 Å². The fourth-order valence-corrected chi connectivity index (χ4v) is 2.83. The van der Waals surface area contributed by atoms with Crippen LogP contribution >= 0.6 is 0 Å². The Morgan fingerprint density at radius 1 is 0.926 bits per heavy atom. The summed E-state index contributed by atoms with van der Waals surface area (Å²) in [7, 11) is 4.04. The number of benzene rings is 2. The lowest BCUT2D eigenvalue weighted by atomic mass is 10.1. The Hall–Kier alpha value is -2.33. The molecule has 0 aliphatic heterocycles. The Morgan fingerprint density at radius 3 is 2.26 bits per heavy atom. The first-order chi connectivity index (χ1) is 13.1. The van der Waals surface area contributed by atoms with E-state index in [4.69, 9.17) is 4.74 Å². The summed E-state index contributed by atoms with van der Waals surface area (Å²) in [6, 6.07) is 17.7. The molecule has 0 aromatic heterocycles. The van der Waals surface area contributed by atoms with Gasteiger partial charge in [0.05, 0.1) is 0 Å². The van der Waals surface area contributed by atoms with Crippen molar-refractivity contribution in [2.45, 2.75) is 32.7 Å². The summed E-state index contributed by atoms with van der Waals surface area (Å²) in [6.45, 7) is 5.10. The molecule has 0 heterocycles. The van der Waals surface area contributed by atoms with Crippen LogP contribution in [0.2, 0.25) is 0 Å². The van der Waals surface area contributed by atoms with Crippen molar-refractivity contribution in [3.63, 3.8) is 0 Å². The highest BCUT2D eigenvalue weighted by Crippen LogP contribution is 2.16. The van der Waals surface area contributed by atoms with Crippen LogP contribution in [0, 0.1) is 0 Å². The molecule has 146 valence electrons. The number of amides is 1. The first-order valence-electron chi connectivity index (χ1n) is 9.81. The van der Waals surface area contributed by atoms with Gasteiger partial charge in [-0.1, -0.05) is 50.1 Å². The number of ether oxygens (including phenoxy) is 1. The van der Waals surface area contributed by atoms with E-state index >= 15 is 0 Å². The SMILES string of the molecule is CCCCCN(Cc1ccccc1)C(=O)c1ccc(OCCN(C)C)cc1. The van der Waals surface area contributed by atoms with Crippen LogP contribution in [0.15, 0.2) is 54.6 Å². The van der Waals surface area contributed by atoms with Gasteiger partial charge in [-0.2, -0.15) is 0 Å². The molecule has 0 bridgehead atoms. The molecule has 2 rings (SSSR count). The van der Waals surface area contributed by atoms with Crippen LogP contribution in [0.4, 0.5) is 0 Å². The van der Waals surface area contributed by atoms with Crippen LogP contribution in [0.5, 0.6) is 5.75 Å². The van der Waals surface area contributed by atoms with Gasteiger partial charge in [-0.05, 0) is 50.3 Å². The normalized spacial score (nSPS) is 10.8. The van der Waals surface area contributed by atoms with Crippen molar-refractivity contribution < 1.29 is 9.53 Å². The van der Waals surface area contributed by atoms with Gasteiger partial charge in [0, 0.05) is 25.2 Å². The topological polar surface area (TPSA) is 32.8 Å². The third kappa shape index (κ3) is 7.43. The van der Waals surface area contributed by atoms with Gasteiger partial charge in [0.1, 0.15) is 12.4 Å². The summed E-state index contributed by atoms with van der Waals surface area (Å²) in [5, 5.41) is 0. The van der Waals surface area contributed by atoms with E-state index in [0.717, 1.165) is 43.7 Å². The predicted octanol–water partition coefficient (Wildman–Crippen LogP) is 4.46. The third-order valence-electron chi connectivity index (χ3n) is 4.44. The van der Waals surface area contributed by atoms with Gasteiger partial charge in [-0.3, -0.25) is 4.79 Å². The Morgan fingerprint density at radius 2 is 1.63 bits per heavy atom. The molecule has 0 fully saturated rings. The summed E-state index contributed by atoms with van der Waals surface area (Å²) in [5.41, 5.74) is 1.87. The summed E-state index contributed by atoms with van der Waals surface area (Å²) in [4.78, 5) is 17.1. The number of hydrogen-bond acceptors (Lipinski definition) is 3. The summed E-state index contributed by atoms with van der Waals surface area (Å²) >= 11 is 0. The number of unbranched alkanes of at least 4 members (excludes halogenated alkanes) is 2. The van der Waals surface area contributed by atoms with Gasteiger partial charge in [-0.15, -0.1) is 0 Å². The molecular weight excluding hydrogens is 336 g/mol. The van der Waals surface area contributed by atoms with Gasteiger partial charge >= 0.3 is 0 Å². The largest absolute Gasteiger partial charge is 0.492 e. The highest BCUT2D eigenvalue weighted by Gasteiger charge is 2.16. The van der Waals surface area contributed by atoms with E-state index in [2.05, 4.69) is 24.0 Å². The number of hydrogen-bond donors (Lipinski definition) is 0. The quantitative estimate of drug-likeness (QED) is 0.549. The molecule has 0 N–H and O–H groups in total. The van der Waals surface area contributed by atoms with E-state index in [1.54, 1.807) is 0 Å². The van der Waals surface area contributed by atoms with Crippen LogP contribution in [-0.4, -0.2) is 49.5 Å². The Kier molecular flexibility index (Phi) is 8.85. The molecule has 0 unspecified atom stereocenters. The lowest BCUT2D eigenvalue weighted by molar-refractivity contribution is 0.0740. The van der Waals surface area contributed by atoms with Crippen molar-refractivity contribution in [2.75, 3.05) is 33.8 Å². The number of likely N-dealkylation sites (N-methyl/N-ethyl adjacent to an activating group) is 1. The molecule has 0 aliphatic carbocycles. The van der Waals surface area contributed by atoms with Crippen LogP contribution in [0.3, 0.4) is 0 Å². The molecule has 4 heteroatoms. The minimum absolute atomic E-state index is 0.0785. The second-order valence-electron chi connectivity index (χ2n) is 7.10. The van der Waals surface area contributed by atoms with Gasteiger partial charge < -0.3 is 14.5 Å². The molecule has 27 heavy (non-hydrogen) atoms. The van der Waals surface area contributed by atoms with E-state index in [-0.39, 0.29) is 5.91 Å². The zero-order valence-electron chi connectivity index (χ0n) is 16.9. The average Bonchev–Trinajstić information content (AvgIpc) is 2.68. The number of carbonyl (C=O) groups excluding carboxylic acids is 1. The van der Waals surface area contributed by atoms with E-state index in [1.165, 1.54) is 0 Å². The number of rotatable bonds is 11. The highest BCUT2D eigenvalue weighted by molar-refractivity contribution is 5.94. The maximum absolute atomic E-state index is 13.0. The molecule has 2 aromatic carbocycles. The van der Waals surface area contributed by atoms with Crippen molar-refractivity contribution >= 4 is 5.91 Å². The fourth-order valence-electron chi connectivity index (χ4n) is 2.83. The van der Waals surface area contributed by atoms with Crippen molar-refractivity contribution in [1.29, 1.82) is 0 Å². The molecule has 0 spiro atoms. The monoisotopic (exact) mass is 368 g/mol. The second kappa shape index (κ2) is 11.4. The fraction of sp³-hybridized carbons (Fsp3) is 0.435. The maximum Gasteiger partial charge on any atom is 0.254 e. The van der Waals surface area contributed by atoms with Crippen LogP contribution in [-0.2, 0) is 6.54 Å². The first kappa shape index (κ1) is 21.0. The maximum atomic E-state index is 13.0. The van der Waals surface area contributed by atoms with Crippen molar-refractivity contribution in [2.24, 2.45) is 0 Å². The molecule has 0 saturated carbocycles. The Bertz CT molecular complexity index is 669. The van der Waals surface area contributed by atoms with Crippen molar-refractivity contribution in [3.8, 4) is 5.75 Å². The van der Waals surface area contributed by atoms with Gasteiger partial charge in [0.15, 0.2) is 0 Å². The van der Waals surface area contributed by atoms with Crippen molar-refractivity contribution in [3.05, 3.63) is 65.7 Å². The van der Waals surface area contributed by atoms with Crippen LogP contribution in [0.25, 0.3) is 0 Å². The summed E-state index contributed by atoms with van der Waals surface area (Å²) < 4.78 is 5.72. The zero-order chi connectivity index (χ0) is 19.5. The smallest absolute Gasteiger partial charge is 0.254 e. The van der Waals surface area contributed by atoms with E-state index in [1.807, 2.05) is 61.5 Å². The minimum Gasteiger partial charge on any atom is -0.492 e. The second-order valence-corrected chi connectivity index (χ2v) is 7.10. The Balaban J connectivity index is 2.02. The van der Waals surface area contributed by atoms with E-state index in [9.17, 15) is 4.79 Å². The highest BCUT2D eigenvalue weighted by atomic mass is 16.5. The standard InChI is InChI=1S/C23H32N2O2/c1-4-5-9-16-25(19-20-10-7-6-8-11-20)23(26)21-12-14-22(15-13-21)27-18-17-24(2)3/h6-8,10-15H,4-5,9,16-19H2,1-3H3. The van der Waals surface area contributed by atoms with Gasteiger partial charge in [-0.25, -0.2) is 0 Å². The molecule has 4 nitrogen and oxygen atoms in total. The van der Waals surface area contributed by atoms with Crippen molar-refractivity contribution in [1.82, 2.24) is 9.80 Å². The molecule has 2 aromatic rings. The summed E-state index contributed by atoms with van der Waals surface area (Å²) in [5.74, 6) is 0.879. The molecule has 0 saturated heterocycles. The van der Waals surface area contributed by atoms with E-state index < -0.39 is 0 Å². The minimum atomic E-state index is 0.0785. The zero-order valence-corrected chi connectivity index (χ0v) is 16.9.